The Hall–Kier alpha value is -3.58. The largest absolute Gasteiger partial charge is 0.326 e. The summed E-state index contributed by atoms with van der Waals surface area (Å²) in [6, 6.07) is 16.4. The predicted octanol–water partition coefficient (Wildman–Crippen LogP) is 3.20. The number of hydrogen-bond acceptors (Lipinski definition) is 7. The van der Waals surface area contributed by atoms with Crippen LogP contribution in [0, 0.1) is 17.2 Å². The lowest BCUT2D eigenvalue weighted by molar-refractivity contribution is -0.119. The Morgan fingerprint density at radius 3 is 2.89 bits per heavy atom. The van der Waals surface area contributed by atoms with E-state index in [1.807, 2.05) is 18.2 Å². The summed E-state index contributed by atoms with van der Waals surface area (Å²) < 4.78 is 0. The van der Waals surface area contributed by atoms with E-state index < -0.39 is 0 Å². The molecule has 0 spiro atoms. The topological polar surface area (TPSA) is 110 Å². The number of nitrogens with zero attached hydrogens (tertiary/aromatic N) is 3. The Bertz CT molecular complexity index is 1310. The normalized spacial score (nSPS) is 19.5. The summed E-state index contributed by atoms with van der Waals surface area (Å²) in [5, 5.41) is 18.9. The van der Waals surface area contributed by atoms with E-state index in [4.69, 9.17) is 5.26 Å². The van der Waals surface area contributed by atoms with Crippen molar-refractivity contribution in [2.75, 3.05) is 37.3 Å². The van der Waals surface area contributed by atoms with Gasteiger partial charge in [-0.15, -0.1) is 11.3 Å². The van der Waals surface area contributed by atoms with E-state index >= 15 is 0 Å². The fraction of sp³-hybridized carbons (Fsp3) is 0.308. The van der Waals surface area contributed by atoms with Crippen molar-refractivity contribution in [2.24, 2.45) is 5.92 Å². The SMILES string of the molecule is CN1CCc2nc(NC(=O)c3cccc([C@@H]4CNC[C@H]4C(=O)Nc4cccc(C#N)c4)c3)sc2C1. The summed E-state index contributed by atoms with van der Waals surface area (Å²) in [5.74, 6) is -0.666. The molecule has 8 nitrogen and oxygen atoms in total. The van der Waals surface area contributed by atoms with Gasteiger partial charge in [-0.25, -0.2) is 4.98 Å². The van der Waals surface area contributed by atoms with Gasteiger partial charge < -0.3 is 15.5 Å². The highest BCUT2D eigenvalue weighted by Crippen LogP contribution is 2.31. The number of rotatable bonds is 5. The lowest BCUT2D eigenvalue weighted by atomic mass is 9.87. The summed E-state index contributed by atoms with van der Waals surface area (Å²) in [6.45, 7) is 3.02. The first-order valence-corrected chi connectivity index (χ1v) is 12.4. The summed E-state index contributed by atoms with van der Waals surface area (Å²) in [6.07, 6.45) is 0.895. The third-order valence-electron chi connectivity index (χ3n) is 6.53. The molecule has 0 unspecified atom stereocenters. The molecule has 1 fully saturated rings. The van der Waals surface area contributed by atoms with Crippen LogP contribution in [0.1, 0.15) is 38.0 Å². The van der Waals surface area contributed by atoms with E-state index in [0.717, 1.165) is 30.8 Å². The van der Waals surface area contributed by atoms with Crippen molar-refractivity contribution in [3.05, 3.63) is 75.8 Å². The number of fused-ring (bicyclic) bond motifs is 1. The van der Waals surface area contributed by atoms with E-state index in [0.29, 0.717) is 35.0 Å². The average Bonchev–Trinajstić information content (AvgIpc) is 3.51. The zero-order valence-corrected chi connectivity index (χ0v) is 20.2. The van der Waals surface area contributed by atoms with Crippen LogP contribution in [0.25, 0.3) is 0 Å². The number of likely N-dealkylation sites (N-methyl/N-ethyl adjacent to an activating group) is 1. The quantitative estimate of drug-likeness (QED) is 0.511. The van der Waals surface area contributed by atoms with Crippen molar-refractivity contribution in [2.45, 2.75) is 18.9 Å². The van der Waals surface area contributed by atoms with Crippen LogP contribution in [-0.2, 0) is 17.8 Å². The molecule has 0 radical (unpaired) electrons. The summed E-state index contributed by atoms with van der Waals surface area (Å²) in [5.41, 5.74) is 3.65. The fourth-order valence-electron chi connectivity index (χ4n) is 4.66. The van der Waals surface area contributed by atoms with Crippen LogP contribution >= 0.6 is 11.3 Å². The number of amides is 2. The van der Waals surface area contributed by atoms with E-state index in [1.54, 1.807) is 30.3 Å². The van der Waals surface area contributed by atoms with Crippen molar-refractivity contribution in [3.8, 4) is 6.07 Å². The molecule has 3 N–H and O–H groups in total. The predicted molar refractivity (Wildman–Crippen MR) is 135 cm³/mol. The number of aromatic nitrogens is 1. The van der Waals surface area contributed by atoms with Gasteiger partial charge in [-0.2, -0.15) is 5.26 Å². The van der Waals surface area contributed by atoms with Gasteiger partial charge in [0.1, 0.15) is 0 Å². The van der Waals surface area contributed by atoms with Crippen LogP contribution in [0.15, 0.2) is 48.5 Å². The highest BCUT2D eigenvalue weighted by molar-refractivity contribution is 7.15. The highest BCUT2D eigenvalue weighted by Gasteiger charge is 2.34. The number of nitriles is 1. The lowest BCUT2D eigenvalue weighted by Crippen LogP contribution is -2.28. The standard InChI is InChI=1S/C26H26N6O2S/c1-32-9-8-22-23(15-32)35-26(30-22)31-24(33)18-6-3-5-17(11-18)20-13-28-14-21(20)25(34)29-19-7-2-4-16(10-19)12-27/h2-7,10-11,20-21,28H,8-9,13-15H2,1H3,(H,29,34)(H,30,31,33)/t20-,21+/m0/s1. The monoisotopic (exact) mass is 486 g/mol. The molecule has 2 aliphatic heterocycles. The Morgan fingerprint density at radius 2 is 2.03 bits per heavy atom. The van der Waals surface area contributed by atoms with Gasteiger partial charge in [0.25, 0.3) is 5.91 Å². The molecule has 35 heavy (non-hydrogen) atoms. The van der Waals surface area contributed by atoms with Crippen LogP contribution in [0.2, 0.25) is 0 Å². The molecule has 0 saturated carbocycles. The van der Waals surface area contributed by atoms with Crippen molar-refractivity contribution in [1.29, 1.82) is 5.26 Å². The fourth-order valence-corrected chi connectivity index (χ4v) is 5.75. The van der Waals surface area contributed by atoms with Crippen LogP contribution < -0.4 is 16.0 Å². The molecule has 3 aromatic rings. The molecule has 0 bridgehead atoms. The van der Waals surface area contributed by atoms with Gasteiger partial charge in [-0.3, -0.25) is 14.9 Å². The average molecular weight is 487 g/mol. The van der Waals surface area contributed by atoms with Crippen molar-refractivity contribution in [1.82, 2.24) is 15.2 Å². The van der Waals surface area contributed by atoms with Gasteiger partial charge in [0, 0.05) is 54.6 Å². The van der Waals surface area contributed by atoms with Crippen molar-refractivity contribution >= 4 is 34.0 Å². The lowest BCUT2D eigenvalue weighted by Gasteiger charge is -2.20. The summed E-state index contributed by atoms with van der Waals surface area (Å²) in [4.78, 5) is 34.1. The smallest absolute Gasteiger partial charge is 0.257 e. The molecule has 1 saturated heterocycles. The number of nitrogens with one attached hydrogen (secondary N) is 3. The first kappa shape index (κ1) is 23.2. The molecular formula is C26H26N6O2S. The molecule has 2 atom stereocenters. The number of benzene rings is 2. The van der Waals surface area contributed by atoms with Gasteiger partial charge >= 0.3 is 0 Å². The minimum atomic E-state index is -0.290. The molecule has 2 amide bonds. The van der Waals surface area contributed by atoms with E-state index in [2.05, 4.69) is 39.0 Å². The first-order valence-electron chi connectivity index (χ1n) is 11.6. The summed E-state index contributed by atoms with van der Waals surface area (Å²) >= 11 is 1.53. The Balaban J connectivity index is 1.29. The molecular weight excluding hydrogens is 460 g/mol. The molecule has 1 aromatic heterocycles. The van der Waals surface area contributed by atoms with Gasteiger partial charge in [-0.05, 0) is 42.9 Å². The number of anilines is 2. The summed E-state index contributed by atoms with van der Waals surface area (Å²) in [7, 11) is 2.08. The maximum Gasteiger partial charge on any atom is 0.257 e. The van der Waals surface area contributed by atoms with Crippen LogP contribution in [0.3, 0.4) is 0 Å². The van der Waals surface area contributed by atoms with Crippen LogP contribution in [0.5, 0.6) is 0 Å². The second kappa shape index (κ2) is 9.96. The maximum atomic E-state index is 13.1. The third kappa shape index (κ3) is 5.10. The zero-order chi connectivity index (χ0) is 24.4. The van der Waals surface area contributed by atoms with Crippen molar-refractivity contribution in [3.63, 3.8) is 0 Å². The first-order chi connectivity index (χ1) is 17.0. The van der Waals surface area contributed by atoms with Crippen LogP contribution in [0.4, 0.5) is 10.8 Å². The second-order valence-electron chi connectivity index (χ2n) is 9.01. The van der Waals surface area contributed by atoms with E-state index in [9.17, 15) is 9.59 Å². The van der Waals surface area contributed by atoms with E-state index in [-0.39, 0.29) is 23.7 Å². The van der Waals surface area contributed by atoms with Gasteiger partial charge in [0.2, 0.25) is 5.91 Å². The van der Waals surface area contributed by atoms with E-state index in [1.165, 1.54) is 16.2 Å². The highest BCUT2D eigenvalue weighted by atomic mass is 32.1. The molecule has 3 heterocycles. The third-order valence-corrected chi connectivity index (χ3v) is 7.53. The minimum Gasteiger partial charge on any atom is -0.326 e. The maximum absolute atomic E-state index is 13.1. The molecule has 178 valence electrons. The Morgan fingerprint density at radius 1 is 1.17 bits per heavy atom. The molecule has 2 aromatic carbocycles. The minimum absolute atomic E-state index is 0.0652. The number of carbonyl (C=O) groups excluding carboxylic acids is 2. The Kier molecular flexibility index (Phi) is 6.59. The number of hydrogen-bond donors (Lipinski definition) is 3. The van der Waals surface area contributed by atoms with Crippen molar-refractivity contribution < 1.29 is 9.59 Å². The molecule has 5 rings (SSSR count). The number of thiazole rings is 1. The van der Waals surface area contributed by atoms with Crippen LogP contribution in [-0.4, -0.2) is 48.4 Å². The molecule has 2 aliphatic rings. The Labute approximate surface area is 208 Å². The zero-order valence-electron chi connectivity index (χ0n) is 19.4. The van der Waals surface area contributed by atoms with Gasteiger partial charge in [0.05, 0.1) is 23.2 Å². The molecule has 0 aliphatic carbocycles. The van der Waals surface area contributed by atoms with Gasteiger partial charge in [0.15, 0.2) is 5.13 Å². The van der Waals surface area contributed by atoms with Gasteiger partial charge in [-0.1, -0.05) is 18.2 Å². The second-order valence-corrected chi connectivity index (χ2v) is 10.1. The molecule has 9 heteroatoms. The number of carbonyl (C=O) groups is 2.